The van der Waals surface area contributed by atoms with Gasteiger partial charge < -0.3 is 10.2 Å². The predicted molar refractivity (Wildman–Crippen MR) is 78.4 cm³/mol. The van der Waals surface area contributed by atoms with E-state index in [4.69, 9.17) is 0 Å². The molecule has 5 nitrogen and oxygen atoms in total. The van der Waals surface area contributed by atoms with Gasteiger partial charge in [0, 0.05) is 31.3 Å². The summed E-state index contributed by atoms with van der Waals surface area (Å²) in [5.41, 5.74) is 2.80. The predicted octanol–water partition coefficient (Wildman–Crippen LogP) is 1.45. The van der Waals surface area contributed by atoms with Crippen molar-refractivity contribution < 1.29 is 9.59 Å². The van der Waals surface area contributed by atoms with Crippen LogP contribution >= 0.6 is 11.3 Å². The number of hydrogen-bond donors (Lipinski definition) is 1. The van der Waals surface area contributed by atoms with Gasteiger partial charge in [0.2, 0.25) is 11.8 Å². The van der Waals surface area contributed by atoms with Crippen LogP contribution in [0.1, 0.15) is 32.4 Å². The molecule has 0 saturated carbocycles. The quantitative estimate of drug-likeness (QED) is 0.894. The minimum absolute atomic E-state index is 0.0280. The van der Waals surface area contributed by atoms with E-state index in [9.17, 15) is 9.59 Å². The van der Waals surface area contributed by atoms with Gasteiger partial charge in [-0.2, -0.15) is 0 Å². The lowest BCUT2D eigenvalue weighted by Gasteiger charge is -2.27. The number of amides is 2. The van der Waals surface area contributed by atoms with Gasteiger partial charge in [0.1, 0.15) is 6.04 Å². The Morgan fingerprint density at radius 2 is 2.35 bits per heavy atom. The molecule has 2 atom stereocenters. The Balaban J connectivity index is 2.03. The number of nitrogens with one attached hydrogen (secondary N) is 1. The Bertz CT molecular complexity index is 461. The second kappa shape index (κ2) is 6.83. The molecule has 0 aliphatic carbocycles. The maximum atomic E-state index is 12.5. The van der Waals surface area contributed by atoms with E-state index in [1.165, 1.54) is 0 Å². The van der Waals surface area contributed by atoms with Crippen molar-refractivity contribution in [2.24, 2.45) is 5.92 Å². The molecular weight excluding hydrogens is 274 g/mol. The monoisotopic (exact) mass is 295 g/mol. The van der Waals surface area contributed by atoms with Crippen molar-refractivity contribution in [3.8, 4) is 0 Å². The van der Waals surface area contributed by atoms with Crippen molar-refractivity contribution in [1.29, 1.82) is 0 Å². The Hall–Kier alpha value is -1.43. The lowest BCUT2D eigenvalue weighted by atomic mass is 9.98. The zero-order valence-corrected chi connectivity index (χ0v) is 12.8. The van der Waals surface area contributed by atoms with Crippen LogP contribution in [0.25, 0.3) is 0 Å². The van der Waals surface area contributed by atoms with Crippen LogP contribution < -0.4 is 5.32 Å². The lowest BCUT2D eigenvalue weighted by Crippen LogP contribution is -2.48. The summed E-state index contributed by atoms with van der Waals surface area (Å²) in [6.07, 6.45) is 2.00. The highest BCUT2D eigenvalue weighted by atomic mass is 32.1. The maximum absolute atomic E-state index is 12.5. The summed E-state index contributed by atoms with van der Waals surface area (Å²) in [5, 5.41) is 4.86. The number of hydrogen-bond acceptors (Lipinski definition) is 4. The number of carbonyl (C=O) groups excluding carboxylic acids is 2. The molecule has 2 rings (SSSR count). The molecule has 1 N–H and O–H groups in total. The lowest BCUT2D eigenvalue weighted by molar-refractivity contribution is -0.134. The summed E-state index contributed by atoms with van der Waals surface area (Å²) in [6, 6.07) is -0.384. The Labute approximate surface area is 123 Å². The van der Waals surface area contributed by atoms with E-state index in [1.54, 1.807) is 21.7 Å². The summed E-state index contributed by atoms with van der Waals surface area (Å²) >= 11 is 1.56. The first-order valence-electron chi connectivity index (χ1n) is 7.07. The molecule has 0 bridgehead atoms. The van der Waals surface area contributed by atoms with E-state index in [0.717, 1.165) is 18.5 Å². The molecule has 1 saturated heterocycles. The molecule has 6 heteroatoms. The first-order valence-corrected chi connectivity index (χ1v) is 8.01. The summed E-state index contributed by atoms with van der Waals surface area (Å²) in [5.74, 6) is 0.173. The number of nitrogens with zero attached hydrogens (tertiary/aromatic N) is 2. The fourth-order valence-electron chi connectivity index (χ4n) is 2.30. The maximum Gasteiger partial charge on any atom is 0.245 e. The van der Waals surface area contributed by atoms with Crippen molar-refractivity contribution in [3.63, 3.8) is 0 Å². The summed E-state index contributed by atoms with van der Waals surface area (Å²) < 4.78 is 0. The average molecular weight is 295 g/mol. The molecule has 0 radical (unpaired) electrons. The van der Waals surface area contributed by atoms with E-state index in [1.807, 2.05) is 19.2 Å². The third-order valence-corrected chi connectivity index (χ3v) is 4.47. The third kappa shape index (κ3) is 3.56. The van der Waals surface area contributed by atoms with Gasteiger partial charge in [-0.05, 0) is 5.92 Å². The van der Waals surface area contributed by atoms with Gasteiger partial charge in [0.25, 0.3) is 0 Å². The zero-order valence-electron chi connectivity index (χ0n) is 12.0. The van der Waals surface area contributed by atoms with Gasteiger partial charge in [-0.1, -0.05) is 20.3 Å². The van der Waals surface area contributed by atoms with Crippen LogP contribution in [0.15, 0.2) is 10.9 Å². The topological polar surface area (TPSA) is 62.3 Å². The molecule has 0 aromatic carbocycles. The molecule has 110 valence electrons. The van der Waals surface area contributed by atoms with Crippen molar-refractivity contribution in [2.75, 3.05) is 13.1 Å². The fraction of sp³-hybridized carbons (Fsp3) is 0.643. The molecule has 1 fully saturated rings. The van der Waals surface area contributed by atoms with Crippen molar-refractivity contribution in [2.45, 2.75) is 39.2 Å². The number of rotatable bonds is 5. The van der Waals surface area contributed by atoms with Crippen LogP contribution in [0, 0.1) is 5.92 Å². The third-order valence-electron chi connectivity index (χ3n) is 3.84. The highest BCUT2D eigenvalue weighted by Gasteiger charge is 2.32. The SMILES string of the molecule is CCC(C)C1NC(=O)CCN(CCc2cscn2)C1=O. The zero-order chi connectivity index (χ0) is 14.5. The van der Waals surface area contributed by atoms with Crippen molar-refractivity contribution >= 4 is 23.2 Å². The van der Waals surface area contributed by atoms with E-state index in [-0.39, 0.29) is 23.8 Å². The summed E-state index contributed by atoms with van der Waals surface area (Å²) in [7, 11) is 0. The van der Waals surface area contributed by atoms with Crippen molar-refractivity contribution in [1.82, 2.24) is 15.2 Å². The van der Waals surface area contributed by atoms with Crippen LogP contribution in [-0.4, -0.2) is 40.8 Å². The van der Waals surface area contributed by atoms with Gasteiger partial charge in [-0.25, -0.2) is 4.98 Å². The Morgan fingerprint density at radius 1 is 1.55 bits per heavy atom. The van der Waals surface area contributed by atoms with E-state index >= 15 is 0 Å². The van der Waals surface area contributed by atoms with Gasteiger partial charge >= 0.3 is 0 Å². The largest absolute Gasteiger partial charge is 0.344 e. The Kier molecular flexibility index (Phi) is 5.11. The minimum atomic E-state index is -0.384. The van der Waals surface area contributed by atoms with Gasteiger partial charge in [0.05, 0.1) is 11.2 Å². The highest BCUT2D eigenvalue weighted by molar-refractivity contribution is 7.07. The minimum Gasteiger partial charge on any atom is -0.344 e. The van der Waals surface area contributed by atoms with Crippen LogP contribution in [0.5, 0.6) is 0 Å². The van der Waals surface area contributed by atoms with Crippen LogP contribution in [0.4, 0.5) is 0 Å². The molecule has 2 heterocycles. The van der Waals surface area contributed by atoms with Gasteiger partial charge in [-0.3, -0.25) is 9.59 Å². The van der Waals surface area contributed by atoms with E-state index < -0.39 is 0 Å². The second-order valence-electron chi connectivity index (χ2n) is 5.24. The second-order valence-corrected chi connectivity index (χ2v) is 5.95. The summed E-state index contributed by atoms with van der Waals surface area (Å²) in [4.78, 5) is 30.3. The summed E-state index contributed by atoms with van der Waals surface area (Å²) in [6.45, 7) is 5.17. The molecule has 2 amide bonds. The molecule has 2 unspecified atom stereocenters. The van der Waals surface area contributed by atoms with Gasteiger partial charge in [-0.15, -0.1) is 11.3 Å². The van der Waals surface area contributed by atoms with Gasteiger partial charge in [0.15, 0.2) is 0 Å². The molecule has 1 aliphatic heterocycles. The van der Waals surface area contributed by atoms with Crippen LogP contribution in [0.2, 0.25) is 0 Å². The fourth-order valence-corrected chi connectivity index (χ4v) is 2.90. The average Bonchev–Trinajstić information content (AvgIpc) is 2.91. The van der Waals surface area contributed by atoms with E-state index in [0.29, 0.717) is 19.5 Å². The molecule has 0 spiro atoms. The first kappa shape index (κ1) is 15.0. The first-order chi connectivity index (χ1) is 9.61. The number of thiazole rings is 1. The van der Waals surface area contributed by atoms with E-state index in [2.05, 4.69) is 10.3 Å². The number of carbonyl (C=O) groups is 2. The van der Waals surface area contributed by atoms with Crippen LogP contribution in [0.3, 0.4) is 0 Å². The molecule has 20 heavy (non-hydrogen) atoms. The molecule has 1 aromatic heterocycles. The molecular formula is C14H21N3O2S. The standard InChI is InChI=1S/C14H21N3O2S/c1-3-10(2)13-14(19)17(7-5-12(18)16-13)6-4-11-8-20-9-15-11/h8-10,13H,3-7H2,1-2H3,(H,16,18). The van der Waals surface area contributed by atoms with Crippen LogP contribution in [-0.2, 0) is 16.0 Å². The van der Waals surface area contributed by atoms with Crippen molar-refractivity contribution in [3.05, 3.63) is 16.6 Å². The smallest absolute Gasteiger partial charge is 0.245 e. The highest BCUT2D eigenvalue weighted by Crippen LogP contribution is 2.15. The molecule has 1 aromatic rings. The number of aromatic nitrogens is 1. The Morgan fingerprint density at radius 3 is 3.00 bits per heavy atom. The molecule has 1 aliphatic rings. The normalized spacial score (nSPS) is 21.5.